The van der Waals surface area contributed by atoms with Crippen LogP contribution in [0.2, 0.25) is 0 Å². The van der Waals surface area contributed by atoms with Crippen molar-refractivity contribution in [2.24, 2.45) is 0 Å². The Bertz CT molecular complexity index is 869. The van der Waals surface area contributed by atoms with Gasteiger partial charge in [-0.2, -0.15) is 0 Å². The van der Waals surface area contributed by atoms with Gasteiger partial charge in [-0.25, -0.2) is 18.1 Å². The molecule has 0 radical (unpaired) electrons. The molecule has 0 aliphatic heterocycles. The molecule has 7 heteroatoms. The zero-order valence-corrected chi connectivity index (χ0v) is 13.9. The lowest BCUT2D eigenvalue weighted by Crippen LogP contribution is -2.26. The van der Waals surface area contributed by atoms with Gasteiger partial charge in [-0.15, -0.1) is 0 Å². The van der Waals surface area contributed by atoms with Gasteiger partial charge in [-0.05, 0) is 36.3 Å². The maximum atomic E-state index is 11.8. The molecule has 1 aromatic heterocycles. The van der Waals surface area contributed by atoms with Gasteiger partial charge in [-0.1, -0.05) is 18.1 Å². The molecule has 1 heterocycles. The highest BCUT2D eigenvalue weighted by atomic mass is 32.2. The van der Waals surface area contributed by atoms with Crippen molar-refractivity contribution in [1.82, 2.24) is 9.71 Å². The summed E-state index contributed by atoms with van der Waals surface area (Å²) in [7, 11) is -3.29. The van der Waals surface area contributed by atoms with Crippen LogP contribution in [0.25, 0.3) is 0 Å². The third-order valence-electron chi connectivity index (χ3n) is 2.86. The lowest BCUT2D eigenvalue weighted by molar-refractivity contribution is -0.116. The van der Waals surface area contributed by atoms with Gasteiger partial charge in [0.1, 0.15) is 5.69 Å². The van der Waals surface area contributed by atoms with Crippen molar-refractivity contribution in [3.63, 3.8) is 0 Å². The minimum atomic E-state index is -3.29. The van der Waals surface area contributed by atoms with E-state index in [9.17, 15) is 13.2 Å². The molecule has 0 spiro atoms. The highest BCUT2D eigenvalue weighted by Crippen LogP contribution is 2.10. The minimum Gasteiger partial charge on any atom is -0.326 e. The van der Waals surface area contributed by atoms with Crippen molar-refractivity contribution in [3.8, 4) is 11.8 Å². The first-order valence-corrected chi connectivity index (χ1v) is 9.09. The summed E-state index contributed by atoms with van der Waals surface area (Å²) in [5.74, 6) is 5.65. The SMILES string of the molecule is CS(=O)(=O)NCCC(=O)Nc1cccc(C#Cc2ccccn2)c1. The Morgan fingerprint density at radius 2 is 2.00 bits per heavy atom. The van der Waals surface area contributed by atoms with Crippen molar-refractivity contribution in [3.05, 3.63) is 59.9 Å². The molecule has 2 rings (SSSR count). The molecule has 1 amide bonds. The highest BCUT2D eigenvalue weighted by molar-refractivity contribution is 7.88. The average molecular weight is 343 g/mol. The second-order valence-corrected chi connectivity index (χ2v) is 6.84. The summed E-state index contributed by atoms with van der Waals surface area (Å²) in [4.78, 5) is 15.9. The number of benzene rings is 1. The van der Waals surface area contributed by atoms with Gasteiger partial charge in [0.05, 0.1) is 6.26 Å². The fourth-order valence-corrected chi connectivity index (χ4v) is 2.29. The number of carbonyl (C=O) groups excluding carboxylic acids is 1. The van der Waals surface area contributed by atoms with E-state index < -0.39 is 10.0 Å². The fourth-order valence-electron chi connectivity index (χ4n) is 1.82. The molecule has 2 aromatic rings. The summed E-state index contributed by atoms with van der Waals surface area (Å²) in [5.41, 5.74) is 2.01. The molecule has 0 bridgehead atoms. The van der Waals surface area contributed by atoms with E-state index >= 15 is 0 Å². The van der Waals surface area contributed by atoms with Crippen LogP contribution in [0.1, 0.15) is 17.7 Å². The Labute approximate surface area is 141 Å². The smallest absolute Gasteiger partial charge is 0.225 e. The summed E-state index contributed by atoms with van der Waals surface area (Å²) in [6.45, 7) is 0.0594. The Kier molecular flexibility index (Phi) is 6.07. The summed E-state index contributed by atoms with van der Waals surface area (Å²) in [6, 6.07) is 12.6. The van der Waals surface area contributed by atoms with Crippen LogP contribution >= 0.6 is 0 Å². The molecule has 0 unspecified atom stereocenters. The van der Waals surface area contributed by atoms with Crippen LogP contribution in [-0.4, -0.2) is 32.1 Å². The van der Waals surface area contributed by atoms with E-state index in [0.29, 0.717) is 11.4 Å². The molecule has 0 saturated carbocycles. The molecule has 0 aliphatic carbocycles. The predicted molar refractivity (Wildman–Crippen MR) is 92.8 cm³/mol. The Balaban J connectivity index is 1.95. The maximum absolute atomic E-state index is 11.8. The van der Waals surface area contributed by atoms with E-state index in [1.807, 2.05) is 24.3 Å². The largest absolute Gasteiger partial charge is 0.326 e. The Hall–Kier alpha value is -2.69. The molecule has 24 heavy (non-hydrogen) atoms. The number of nitrogens with zero attached hydrogens (tertiary/aromatic N) is 1. The number of sulfonamides is 1. The highest BCUT2D eigenvalue weighted by Gasteiger charge is 2.05. The third kappa shape index (κ3) is 6.60. The monoisotopic (exact) mass is 343 g/mol. The number of hydrogen-bond donors (Lipinski definition) is 2. The van der Waals surface area contributed by atoms with Gasteiger partial charge in [-0.3, -0.25) is 4.79 Å². The van der Waals surface area contributed by atoms with E-state index in [0.717, 1.165) is 11.8 Å². The first kappa shape index (κ1) is 17.7. The molecule has 0 atom stereocenters. The standard InChI is InChI=1S/C17H17N3O3S/c1-24(22,23)19-12-10-17(21)20-16-7-4-5-14(13-16)8-9-15-6-2-3-11-18-15/h2-7,11,13,19H,10,12H2,1H3,(H,20,21). The van der Waals surface area contributed by atoms with Crippen LogP contribution in [0.3, 0.4) is 0 Å². The molecule has 2 N–H and O–H groups in total. The van der Waals surface area contributed by atoms with Crippen LogP contribution in [0.5, 0.6) is 0 Å². The number of nitrogens with one attached hydrogen (secondary N) is 2. The van der Waals surface area contributed by atoms with Gasteiger partial charge >= 0.3 is 0 Å². The number of amides is 1. The van der Waals surface area contributed by atoms with Gasteiger partial charge in [0, 0.05) is 30.4 Å². The molecule has 6 nitrogen and oxygen atoms in total. The van der Waals surface area contributed by atoms with Crippen molar-refractivity contribution >= 4 is 21.6 Å². The van der Waals surface area contributed by atoms with Crippen LogP contribution in [0.4, 0.5) is 5.69 Å². The third-order valence-corrected chi connectivity index (χ3v) is 3.59. The predicted octanol–water partition coefficient (Wildman–Crippen LogP) is 1.36. The van der Waals surface area contributed by atoms with E-state index in [1.54, 1.807) is 24.4 Å². The van der Waals surface area contributed by atoms with Crippen LogP contribution in [0, 0.1) is 11.8 Å². The van der Waals surface area contributed by atoms with E-state index in [1.165, 1.54) is 0 Å². The number of pyridine rings is 1. The second-order valence-electron chi connectivity index (χ2n) is 5.01. The topological polar surface area (TPSA) is 88.2 Å². The Morgan fingerprint density at radius 1 is 1.17 bits per heavy atom. The van der Waals surface area contributed by atoms with Crippen molar-refractivity contribution in [2.75, 3.05) is 18.1 Å². The second kappa shape index (κ2) is 8.24. The first-order valence-electron chi connectivity index (χ1n) is 7.20. The minimum absolute atomic E-state index is 0.0525. The van der Waals surface area contributed by atoms with Crippen molar-refractivity contribution in [2.45, 2.75) is 6.42 Å². The quantitative estimate of drug-likeness (QED) is 0.803. The molecule has 0 aliphatic rings. The van der Waals surface area contributed by atoms with Gasteiger partial charge < -0.3 is 5.32 Å². The zero-order chi connectivity index (χ0) is 17.4. The molecule has 0 fully saturated rings. The van der Waals surface area contributed by atoms with Crippen LogP contribution in [-0.2, 0) is 14.8 Å². The molecule has 124 valence electrons. The lowest BCUT2D eigenvalue weighted by Gasteiger charge is -2.06. The van der Waals surface area contributed by atoms with E-state index in [2.05, 4.69) is 26.9 Å². The summed E-state index contributed by atoms with van der Waals surface area (Å²) in [5, 5.41) is 2.71. The summed E-state index contributed by atoms with van der Waals surface area (Å²) < 4.78 is 24.2. The average Bonchev–Trinajstić information content (AvgIpc) is 2.53. The molecular weight excluding hydrogens is 326 g/mol. The molecule has 0 saturated heterocycles. The summed E-state index contributed by atoms with van der Waals surface area (Å²) >= 11 is 0. The number of carbonyl (C=O) groups is 1. The zero-order valence-electron chi connectivity index (χ0n) is 13.1. The number of rotatable bonds is 5. The lowest BCUT2D eigenvalue weighted by atomic mass is 10.2. The number of anilines is 1. The number of aromatic nitrogens is 1. The van der Waals surface area contributed by atoms with Gasteiger partial charge in [0.25, 0.3) is 0 Å². The normalized spacial score (nSPS) is 10.5. The molecular formula is C17H17N3O3S. The van der Waals surface area contributed by atoms with Gasteiger partial charge in [0.15, 0.2) is 0 Å². The van der Waals surface area contributed by atoms with Gasteiger partial charge in [0.2, 0.25) is 15.9 Å². The van der Waals surface area contributed by atoms with E-state index in [4.69, 9.17) is 0 Å². The fraction of sp³-hybridized carbons (Fsp3) is 0.176. The van der Waals surface area contributed by atoms with Crippen molar-refractivity contribution in [1.29, 1.82) is 0 Å². The number of hydrogen-bond acceptors (Lipinski definition) is 4. The maximum Gasteiger partial charge on any atom is 0.225 e. The first-order chi connectivity index (χ1) is 11.4. The summed E-state index contributed by atoms with van der Waals surface area (Å²) in [6.07, 6.45) is 2.77. The van der Waals surface area contributed by atoms with Crippen molar-refractivity contribution < 1.29 is 13.2 Å². The Morgan fingerprint density at radius 3 is 2.71 bits per heavy atom. The molecule has 1 aromatic carbocycles. The van der Waals surface area contributed by atoms with Crippen LogP contribution in [0.15, 0.2) is 48.7 Å². The van der Waals surface area contributed by atoms with E-state index in [-0.39, 0.29) is 18.9 Å². The van der Waals surface area contributed by atoms with Crippen LogP contribution < -0.4 is 10.0 Å².